The molecule has 1 aliphatic rings. The van der Waals surface area contributed by atoms with Gasteiger partial charge in [0.15, 0.2) is 6.23 Å². The molecule has 3 N–H and O–H groups in total. The number of nitrogens with zero attached hydrogens (tertiary/aromatic N) is 1. The van der Waals surface area contributed by atoms with Crippen molar-refractivity contribution in [1.29, 1.82) is 0 Å². The van der Waals surface area contributed by atoms with Gasteiger partial charge in [-0.25, -0.2) is 9.88 Å². The number of aliphatic hydroxyl groups excluding tert-OH is 1. The molecule has 1 saturated heterocycles. The van der Waals surface area contributed by atoms with Crippen LogP contribution in [0.4, 0.5) is 0 Å². The first kappa shape index (κ1) is 28.1. The molecule has 188 valence electrons. The molecular weight excluding hydrogens is 497 g/mol. The summed E-state index contributed by atoms with van der Waals surface area (Å²) in [7, 11) is 0. The van der Waals surface area contributed by atoms with Crippen molar-refractivity contribution >= 4 is 35.7 Å². The van der Waals surface area contributed by atoms with Crippen molar-refractivity contribution in [3.63, 3.8) is 0 Å². The SMILES string of the molecule is CCCS[P@@](=O)(N[C@H](C)C(=O)OC(C)C)OC[C@H]1O[C@@H](n2ccc(=O)[nH]c2=O)[C@](C)(Cl)[C@@H]1O. The van der Waals surface area contributed by atoms with E-state index in [4.69, 9.17) is 25.6 Å². The Hall–Kier alpha value is -1.14. The van der Waals surface area contributed by atoms with Crippen molar-refractivity contribution in [3.8, 4) is 0 Å². The van der Waals surface area contributed by atoms with Crippen LogP contribution in [0.15, 0.2) is 21.9 Å². The summed E-state index contributed by atoms with van der Waals surface area (Å²) in [5.74, 6) is -0.0821. The number of alkyl halides is 1. The Balaban J connectivity index is 2.16. The molecule has 0 radical (unpaired) electrons. The number of ether oxygens (including phenoxy) is 2. The van der Waals surface area contributed by atoms with Gasteiger partial charge in [0.25, 0.3) is 5.56 Å². The fraction of sp³-hybridized carbons (Fsp3) is 0.737. The number of aromatic nitrogens is 2. The summed E-state index contributed by atoms with van der Waals surface area (Å²) in [6.07, 6.45) is -1.86. The van der Waals surface area contributed by atoms with Crippen LogP contribution in [0.1, 0.15) is 47.3 Å². The Morgan fingerprint density at radius 3 is 2.70 bits per heavy atom. The predicted molar refractivity (Wildman–Crippen MR) is 126 cm³/mol. The zero-order valence-electron chi connectivity index (χ0n) is 19.1. The average molecular weight is 528 g/mol. The Labute approximate surface area is 200 Å². The van der Waals surface area contributed by atoms with Gasteiger partial charge in [0.2, 0.25) is 0 Å². The lowest BCUT2D eigenvalue weighted by atomic mass is 10.0. The van der Waals surface area contributed by atoms with Crippen LogP contribution in [0.5, 0.6) is 0 Å². The van der Waals surface area contributed by atoms with Crippen molar-refractivity contribution < 1.29 is 28.5 Å². The lowest BCUT2D eigenvalue weighted by Crippen LogP contribution is -2.43. The Kier molecular flexibility index (Phi) is 9.81. The summed E-state index contributed by atoms with van der Waals surface area (Å²) in [5, 5.41) is 13.4. The van der Waals surface area contributed by atoms with Crippen LogP contribution in [0, 0.1) is 0 Å². The minimum atomic E-state index is -3.60. The number of aromatic amines is 1. The third kappa shape index (κ3) is 7.17. The van der Waals surface area contributed by atoms with Crippen LogP contribution < -0.4 is 16.3 Å². The van der Waals surface area contributed by atoms with Crippen LogP contribution >= 0.6 is 29.7 Å². The lowest BCUT2D eigenvalue weighted by molar-refractivity contribution is -0.149. The molecule has 0 unspecified atom stereocenters. The number of H-pyrrole nitrogens is 1. The molecular formula is C19H31ClN3O8PS. The summed E-state index contributed by atoms with van der Waals surface area (Å²) >= 11 is 7.52. The van der Waals surface area contributed by atoms with E-state index in [1.807, 2.05) is 6.92 Å². The van der Waals surface area contributed by atoms with Crippen LogP contribution in [0.3, 0.4) is 0 Å². The monoisotopic (exact) mass is 527 g/mol. The fourth-order valence-corrected chi connectivity index (χ4v) is 7.32. The molecule has 0 bridgehead atoms. The summed E-state index contributed by atoms with van der Waals surface area (Å²) in [4.78, 5) is 36.3. The van der Waals surface area contributed by atoms with Gasteiger partial charge < -0.3 is 19.1 Å². The van der Waals surface area contributed by atoms with E-state index in [0.717, 1.165) is 22.0 Å². The van der Waals surface area contributed by atoms with Crippen LogP contribution in [0.2, 0.25) is 0 Å². The van der Waals surface area contributed by atoms with Crippen molar-refractivity contribution in [2.45, 2.75) is 76.5 Å². The average Bonchev–Trinajstić information content (AvgIpc) is 2.94. The van der Waals surface area contributed by atoms with Gasteiger partial charge in [-0.05, 0) is 34.1 Å². The summed E-state index contributed by atoms with van der Waals surface area (Å²) in [5.41, 5.74) is -1.34. The Morgan fingerprint density at radius 2 is 2.12 bits per heavy atom. The highest BCUT2D eigenvalue weighted by molar-refractivity contribution is 8.56. The number of halogens is 1. The third-order valence-electron chi connectivity index (χ3n) is 4.75. The molecule has 0 spiro atoms. The summed E-state index contributed by atoms with van der Waals surface area (Å²) in [6.45, 7) is 4.39. The number of aliphatic hydroxyl groups is 1. The van der Waals surface area contributed by atoms with Gasteiger partial charge in [-0.1, -0.05) is 18.3 Å². The van der Waals surface area contributed by atoms with E-state index >= 15 is 0 Å². The third-order valence-corrected chi connectivity index (χ3v) is 9.49. The molecule has 6 atom stereocenters. The quantitative estimate of drug-likeness (QED) is 0.221. The maximum atomic E-state index is 13.4. The highest BCUT2D eigenvalue weighted by Gasteiger charge is 2.54. The highest BCUT2D eigenvalue weighted by atomic mass is 35.5. The minimum absolute atomic E-state index is 0.328. The van der Waals surface area contributed by atoms with Gasteiger partial charge in [-0.3, -0.25) is 23.7 Å². The van der Waals surface area contributed by atoms with Gasteiger partial charge in [0, 0.05) is 18.0 Å². The lowest BCUT2D eigenvalue weighted by Gasteiger charge is -2.26. The smallest absolute Gasteiger partial charge is 0.330 e. The topological polar surface area (TPSA) is 149 Å². The van der Waals surface area contributed by atoms with Crippen molar-refractivity contribution in [2.75, 3.05) is 12.4 Å². The maximum Gasteiger partial charge on any atom is 0.330 e. The van der Waals surface area contributed by atoms with Crippen LogP contribution in [-0.2, 0) is 23.4 Å². The molecule has 2 heterocycles. The van der Waals surface area contributed by atoms with Crippen molar-refractivity contribution in [3.05, 3.63) is 33.1 Å². The fourth-order valence-electron chi connectivity index (χ4n) is 3.08. The molecule has 0 saturated carbocycles. The van der Waals surface area contributed by atoms with Gasteiger partial charge in [-0.2, -0.15) is 0 Å². The van der Waals surface area contributed by atoms with Crippen molar-refractivity contribution in [2.24, 2.45) is 0 Å². The predicted octanol–water partition coefficient (Wildman–Crippen LogP) is 1.99. The second kappa shape index (κ2) is 11.5. The zero-order valence-corrected chi connectivity index (χ0v) is 21.6. The molecule has 1 aromatic heterocycles. The molecule has 0 amide bonds. The molecule has 2 rings (SSSR count). The maximum absolute atomic E-state index is 13.4. The van der Waals surface area contributed by atoms with Gasteiger partial charge >= 0.3 is 18.4 Å². The molecule has 0 aromatic carbocycles. The molecule has 11 nitrogen and oxygen atoms in total. The molecule has 1 fully saturated rings. The first-order chi connectivity index (χ1) is 15.3. The van der Waals surface area contributed by atoms with Gasteiger partial charge in [0.1, 0.15) is 23.1 Å². The number of nitrogens with one attached hydrogen (secondary N) is 2. The van der Waals surface area contributed by atoms with Crippen molar-refractivity contribution in [1.82, 2.24) is 14.6 Å². The van der Waals surface area contributed by atoms with Gasteiger partial charge in [0.05, 0.1) is 12.7 Å². The highest BCUT2D eigenvalue weighted by Crippen LogP contribution is 2.57. The normalized spacial score (nSPS) is 27.9. The first-order valence-corrected chi connectivity index (χ1v) is 14.1. The van der Waals surface area contributed by atoms with E-state index in [0.29, 0.717) is 12.2 Å². The standard InChI is InChI=1S/C19H31ClN3O8PS/c1-6-9-33-32(28,22-12(4)16(26)30-11(2)3)29-10-13-15(25)19(5,20)17(31-13)23-8-7-14(24)21-18(23)27/h7-8,11-13,15,17,25H,6,9-10H2,1-5H3,(H,22,28)(H,21,24,27)/t12-,13-,15-,17-,19-,32-/m1/s1. The number of hydrogen-bond acceptors (Lipinski definition) is 9. The Morgan fingerprint density at radius 1 is 1.45 bits per heavy atom. The van der Waals surface area contributed by atoms with E-state index in [9.17, 15) is 24.1 Å². The number of esters is 1. The largest absolute Gasteiger partial charge is 0.462 e. The van der Waals surface area contributed by atoms with Crippen LogP contribution in [0.25, 0.3) is 0 Å². The van der Waals surface area contributed by atoms with E-state index in [-0.39, 0.29) is 12.7 Å². The molecule has 1 aromatic rings. The zero-order chi connectivity index (χ0) is 25.0. The summed E-state index contributed by atoms with van der Waals surface area (Å²) in [6, 6.07) is 0.230. The molecule has 33 heavy (non-hydrogen) atoms. The second-order valence-corrected chi connectivity index (χ2v) is 13.3. The first-order valence-electron chi connectivity index (χ1n) is 10.5. The van der Waals surface area contributed by atoms with Crippen LogP contribution in [-0.4, -0.2) is 62.2 Å². The number of hydrogen-bond donors (Lipinski definition) is 3. The number of carbonyl (C=O) groups is 1. The molecule has 0 aliphatic carbocycles. The van der Waals surface area contributed by atoms with E-state index in [1.165, 1.54) is 20.0 Å². The number of rotatable bonds is 11. The van der Waals surface area contributed by atoms with Gasteiger partial charge in [-0.15, -0.1) is 11.6 Å². The second-order valence-electron chi connectivity index (χ2n) is 8.10. The van der Waals surface area contributed by atoms with E-state index in [2.05, 4.69) is 10.1 Å². The molecule has 14 heteroatoms. The number of carbonyl (C=O) groups excluding carboxylic acids is 1. The van der Waals surface area contributed by atoms with E-state index < -0.39 is 53.3 Å². The molecule has 1 aliphatic heterocycles. The summed E-state index contributed by atoms with van der Waals surface area (Å²) < 4.78 is 31.0. The minimum Gasteiger partial charge on any atom is -0.462 e. The van der Waals surface area contributed by atoms with E-state index in [1.54, 1.807) is 13.8 Å². The Bertz CT molecular complexity index is 984.